The summed E-state index contributed by atoms with van der Waals surface area (Å²) in [6.07, 6.45) is 9.02. The fourth-order valence-corrected chi connectivity index (χ4v) is 5.15. The molecule has 2 aromatic carbocycles. The molecule has 35 heavy (non-hydrogen) atoms. The van der Waals surface area contributed by atoms with Crippen molar-refractivity contribution in [1.29, 1.82) is 0 Å². The predicted molar refractivity (Wildman–Crippen MR) is 142 cm³/mol. The lowest BCUT2D eigenvalue weighted by Crippen LogP contribution is -2.32. The number of nitrogens with zero attached hydrogens (tertiary/aromatic N) is 3. The average Bonchev–Trinajstić information content (AvgIpc) is 3.30. The van der Waals surface area contributed by atoms with Crippen molar-refractivity contribution in [3.05, 3.63) is 71.8 Å². The SMILES string of the molecule is COc1ccc(-c2nnc(S[C@@H](C)C(=O)NCCC3=CCCCC3)n2CCc2ccccc2)cc1. The summed E-state index contributed by atoms with van der Waals surface area (Å²) in [6.45, 7) is 3.35. The number of thioether (sulfide) groups is 1. The zero-order valence-corrected chi connectivity index (χ0v) is 21.4. The Morgan fingerprint density at radius 2 is 1.89 bits per heavy atom. The van der Waals surface area contributed by atoms with E-state index in [1.807, 2.05) is 37.3 Å². The number of ether oxygens (including phenoxy) is 1. The fourth-order valence-electron chi connectivity index (χ4n) is 4.25. The smallest absolute Gasteiger partial charge is 0.233 e. The van der Waals surface area contributed by atoms with Gasteiger partial charge in [0, 0.05) is 18.7 Å². The molecule has 0 bridgehead atoms. The highest BCUT2D eigenvalue weighted by atomic mass is 32.2. The number of amides is 1. The van der Waals surface area contributed by atoms with E-state index in [-0.39, 0.29) is 11.2 Å². The van der Waals surface area contributed by atoms with E-state index in [0.29, 0.717) is 6.54 Å². The molecule has 0 fully saturated rings. The van der Waals surface area contributed by atoms with Crippen LogP contribution in [0.15, 0.2) is 71.4 Å². The molecule has 1 amide bonds. The number of allylic oxidation sites excluding steroid dienone is 1. The average molecular weight is 491 g/mol. The van der Waals surface area contributed by atoms with Crippen LogP contribution in [0.1, 0.15) is 44.6 Å². The number of aromatic nitrogens is 3. The molecule has 7 heteroatoms. The summed E-state index contributed by atoms with van der Waals surface area (Å²) in [6, 6.07) is 18.2. The molecule has 184 valence electrons. The topological polar surface area (TPSA) is 69.0 Å². The van der Waals surface area contributed by atoms with E-state index in [1.54, 1.807) is 7.11 Å². The van der Waals surface area contributed by atoms with Gasteiger partial charge in [-0.2, -0.15) is 0 Å². The maximum absolute atomic E-state index is 12.8. The van der Waals surface area contributed by atoms with Gasteiger partial charge in [0.1, 0.15) is 5.75 Å². The summed E-state index contributed by atoms with van der Waals surface area (Å²) in [4.78, 5) is 12.8. The van der Waals surface area contributed by atoms with Gasteiger partial charge in [-0.25, -0.2) is 0 Å². The van der Waals surface area contributed by atoms with E-state index in [2.05, 4.69) is 50.4 Å². The Bertz CT molecular complexity index is 1130. The number of hydrogen-bond donors (Lipinski definition) is 1. The molecule has 6 nitrogen and oxygen atoms in total. The summed E-state index contributed by atoms with van der Waals surface area (Å²) in [5.74, 6) is 1.63. The minimum absolute atomic E-state index is 0.0371. The second-order valence-electron chi connectivity index (χ2n) is 8.83. The molecule has 1 heterocycles. The molecule has 0 unspecified atom stereocenters. The first-order valence-corrected chi connectivity index (χ1v) is 13.3. The molecule has 4 rings (SSSR count). The number of carbonyl (C=O) groups is 1. The van der Waals surface area contributed by atoms with Crippen LogP contribution in [0, 0.1) is 0 Å². The number of rotatable bonds is 11. The van der Waals surface area contributed by atoms with E-state index < -0.39 is 0 Å². The number of aryl methyl sites for hydroxylation is 1. The molecule has 1 atom stereocenters. The van der Waals surface area contributed by atoms with Gasteiger partial charge in [-0.15, -0.1) is 10.2 Å². The Morgan fingerprint density at radius 1 is 1.09 bits per heavy atom. The molecule has 1 N–H and O–H groups in total. The van der Waals surface area contributed by atoms with Crippen molar-refractivity contribution in [2.75, 3.05) is 13.7 Å². The second-order valence-corrected chi connectivity index (χ2v) is 10.1. The van der Waals surface area contributed by atoms with Crippen LogP contribution in [0.25, 0.3) is 11.4 Å². The third-order valence-electron chi connectivity index (χ3n) is 6.31. The van der Waals surface area contributed by atoms with Crippen molar-refractivity contribution in [2.45, 2.75) is 62.4 Å². The Kier molecular flexibility index (Phi) is 9.01. The molecule has 3 aromatic rings. The molecule has 0 radical (unpaired) electrons. The first-order valence-electron chi connectivity index (χ1n) is 12.4. The van der Waals surface area contributed by atoms with Gasteiger partial charge in [0.25, 0.3) is 0 Å². The van der Waals surface area contributed by atoms with E-state index >= 15 is 0 Å². The molecular weight excluding hydrogens is 456 g/mol. The molecule has 1 aromatic heterocycles. The van der Waals surface area contributed by atoms with Crippen molar-refractivity contribution in [3.8, 4) is 17.1 Å². The number of nitrogens with one attached hydrogen (secondary N) is 1. The van der Waals surface area contributed by atoms with Crippen LogP contribution in [-0.4, -0.2) is 39.6 Å². The minimum atomic E-state index is -0.265. The summed E-state index contributed by atoms with van der Waals surface area (Å²) in [5.41, 5.74) is 3.69. The van der Waals surface area contributed by atoms with Crippen molar-refractivity contribution < 1.29 is 9.53 Å². The second kappa shape index (κ2) is 12.6. The highest BCUT2D eigenvalue weighted by Gasteiger charge is 2.21. The quantitative estimate of drug-likeness (QED) is 0.276. The van der Waals surface area contributed by atoms with Crippen molar-refractivity contribution >= 4 is 17.7 Å². The first-order chi connectivity index (χ1) is 17.1. The molecule has 1 aliphatic carbocycles. The summed E-state index contributed by atoms with van der Waals surface area (Å²) in [5, 5.41) is 12.6. The minimum Gasteiger partial charge on any atom is -0.497 e. The number of carbonyl (C=O) groups excluding carboxylic acids is 1. The Morgan fingerprint density at radius 3 is 2.60 bits per heavy atom. The zero-order valence-electron chi connectivity index (χ0n) is 20.6. The van der Waals surface area contributed by atoms with Gasteiger partial charge in [-0.05, 0) is 75.3 Å². The first kappa shape index (κ1) is 25.0. The third-order valence-corrected chi connectivity index (χ3v) is 7.39. The lowest BCUT2D eigenvalue weighted by molar-refractivity contribution is -0.120. The normalized spacial score (nSPS) is 14.3. The van der Waals surface area contributed by atoms with Crippen LogP contribution < -0.4 is 10.1 Å². The number of methoxy groups -OCH3 is 1. The highest BCUT2D eigenvalue weighted by Crippen LogP contribution is 2.28. The van der Waals surface area contributed by atoms with Crippen molar-refractivity contribution in [2.24, 2.45) is 0 Å². The lowest BCUT2D eigenvalue weighted by Gasteiger charge is -2.16. The molecule has 1 aliphatic rings. The maximum Gasteiger partial charge on any atom is 0.233 e. The van der Waals surface area contributed by atoms with Gasteiger partial charge in [0.15, 0.2) is 11.0 Å². The standard InChI is InChI=1S/C28H34N4O2S/c1-21(27(33)29-19-17-22-9-5-3-6-10-22)35-28-31-30-26(24-13-15-25(34-2)16-14-24)32(28)20-18-23-11-7-4-8-12-23/h4,7-9,11-16,21H,3,5-6,10,17-20H2,1-2H3,(H,29,33)/t21-/m0/s1. The van der Waals surface area contributed by atoms with E-state index in [9.17, 15) is 4.79 Å². The van der Waals surface area contributed by atoms with Crippen LogP contribution >= 0.6 is 11.8 Å². The molecule has 0 spiro atoms. The summed E-state index contributed by atoms with van der Waals surface area (Å²) >= 11 is 1.46. The van der Waals surface area contributed by atoms with Crippen LogP contribution in [-0.2, 0) is 17.8 Å². The van der Waals surface area contributed by atoms with Gasteiger partial charge in [0.2, 0.25) is 5.91 Å². The zero-order chi connectivity index (χ0) is 24.5. The number of benzene rings is 2. The van der Waals surface area contributed by atoms with Gasteiger partial charge >= 0.3 is 0 Å². The predicted octanol–water partition coefficient (Wildman–Crippen LogP) is 5.68. The highest BCUT2D eigenvalue weighted by molar-refractivity contribution is 8.00. The Labute approximate surface area is 212 Å². The third kappa shape index (κ3) is 6.98. The van der Waals surface area contributed by atoms with Crippen LogP contribution in [0.4, 0.5) is 0 Å². The maximum atomic E-state index is 12.8. The van der Waals surface area contributed by atoms with Crippen LogP contribution in [0.2, 0.25) is 0 Å². The molecule has 0 aliphatic heterocycles. The van der Waals surface area contributed by atoms with E-state index in [1.165, 1.54) is 48.6 Å². The molecule has 0 saturated carbocycles. The van der Waals surface area contributed by atoms with Crippen LogP contribution in [0.5, 0.6) is 5.75 Å². The largest absolute Gasteiger partial charge is 0.497 e. The van der Waals surface area contributed by atoms with Crippen molar-refractivity contribution in [1.82, 2.24) is 20.1 Å². The Balaban J connectivity index is 1.45. The van der Waals surface area contributed by atoms with Gasteiger partial charge in [0.05, 0.1) is 12.4 Å². The monoisotopic (exact) mass is 490 g/mol. The lowest BCUT2D eigenvalue weighted by atomic mass is 9.97. The van der Waals surface area contributed by atoms with Crippen LogP contribution in [0.3, 0.4) is 0 Å². The van der Waals surface area contributed by atoms with E-state index in [4.69, 9.17) is 4.74 Å². The Hall–Kier alpha value is -3.06. The van der Waals surface area contributed by atoms with Gasteiger partial charge < -0.3 is 14.6 Å². The molecular formula is C28H34N4O2S. The summed E-state index contributed by atoms with van der Waals surface area (Å²) in [7, 11) is 1.66. The fraction of sp³-hybridized carbons (Fsp3) is 0.393. The molecule has 0 saturated heterocycles. The summed E-state index contributed by atoms with van der Waals surface area (Å²) < 4.78 is 7.42. The van der Waals surface area contributed by atoms with Gasteiger partial charge in [-0.3, -0.25) is 4.79 Å². The van der Waals surface area contributed by atoms with Gasteiger partial charge in [-0.1, -0.05) is 53.7 Å². The van der Waals surface area contributed by atoms with Crippen molar-refractivity contribution in [3.63, 3.8) is 0 Å². The number of hydrogen-bond acceptors (Lipinski definition) is 5. The van der Waals surface area contributed by atoms with E-state index in [0.717, 1.165) is 41.7 Å².